The number of aromatic nitrogens is 1. The second-order valence-electron chi connectivity index (χ2n) is 13.2. The number of amides is 2. The van der Waals surface area contributed by atoms with Crippen molar-refractivity contribution in [2.24, 2.45) is 0 Å². The van der Waals surface area contributed by atoms with Crippen LogP contribution in [0.5, 0.6) is 11.5 Å². The first-order chi connectivity index (χ1) is 20.5. The first-order valence-corrected chi connectivity index (χ1v) is 15.0. The molecule has 5 rings (SSSR count). The van der Waals surface area contributed by atoms with E-state index < -0.39 is 35.3 Å². The zero-order chi connectivity index (χ0) is 32.1. The smallest absolute Gasteiger partial charge is 0.489 e. The Morgan fingerprint density at radius 3 is 2.34 bits per heavy atom. The van der Waals surface area contributed by atoms with Gasteiger partial charge in [-0.15, -0.1) is 0 Å². The third-order valence-corrected chi connectivity index (χ3v) is 7.84. The number of carbonyl (C=O) groups is 3. The van der Waals surface area contributed by atoms with E-state index in [1.807, 2.05) is 11.8 Å². The number of benzene rings is 1. The van der Waals surface area contributed by atoms with Gasteiger partial charge < -0.3 is 33.6 Å². The minimum Gasteiger partial charge on any atom is -0.489 e. The maximum absolute atomic E-state index is 15.6. The molecule has 0 saturated carbocycles. The molecule has 2 fully saturated rings. The fraction of sp³-hybridized carbons (Fsp3) is 0.548. The van der Waals surface area contributed by atoms with Gasteiger partial charge in [-0.05, 0) is 67.0 Å². The molecule has 0 N–H and O–H groups in total. The molecule has 0 bridgehead atoms. The highest BCUT2D eigenvalue weighted by molar-refractivity contribution is 6.35. The van der Waals surface area contributed by atoms with Crippen molar-refractivity contribution in [3.63, 3.8) is 0 Å². The summed E-state index contributed by atoms with van der Waals surface area (Å²) < 4.78 is 38.1. The number of pyridine rings is 1. The summed E-state index contributed by atoms with van der Waals surface area (Å²) in [5.74, 6) is -0.889. The zero-order valence-electron chi connectivity index (χ0n) is 26.0. The molecule has 2 atom stereocenters. The maximum Gasteiger partial charge on any atom is 0.514 e. The Labute approximate surface area is 261 Å². The Balaban J connectivity index is 1.56. The standard InChI is InChI=1S/C31H38ClFN4O7/c1-17-11-12-36(17)26-22-25(41-16-18-15-35(13-14-37(18)27(22)38)28(39)43-30(2,3)4)23(32)24(34-26)21-19(33)9-8-10-20(21)42-29(40)44-31(5,6)7/h8-10,17-18H,11-16H2,1-7H3/t17-,18+/m0/s1. The van der Waals surface area contributed by atoms with Gasteiger partial charge in [-0.3, -0.25) is 4.79 Å². The van der Waals surface area contributed by atoms with Crippen LogP contribution >= 0.6 is 11.6 Å². The number of carbonyl (C=O) groups excluding carboxylic acids is 3. The van der Waals surface area contributed by atoms with E-state index in [1.165, 1.54) is 18.2 Å². The Morgan fingerprint density at radius 2 is 1.73 bits per heavy atom. The Kier molecular flexibility index (Phi) is 8.34. The molecule has 3 aliphatic heterocycles. The van der Waals surface area contributed by atoms with E-state index in [1.54, 1.807) is 51.3 Å². The molecule has 0 aliphatic carbocycles. The van der Waals surface area contributed by atoms with Gasteiger partial charge in [0.1, 0.15) is 51.5 Å². The summed E-state index contributed by atoms with van der Waals surface area (Å²) in [4.78, 5) is 49.5. The fourth-order valence-corrected chi connectivity index (χ4v) is 5.61. The number of anilines is 1. The molecule has 11 nitrogen and oxygen atoms in total. The molecule has 3 aliphatic rings. The monoisotopic (exact) mass is 632 g/mol. The molecule has 2 saturated heterocycles. The number of fused-ring (bicyclic) bond motifs is 2. The van der Waals surface area contributed by atoms with Crippen LogP contribution in [0.2, 0.25) is 5.02 Å². The normalized spacial score (nSPS) is 20.1. The van der Waals surface area contributed by atoms with Crippen molar-refractivity contribution in [1.29, 1.82) is 0 Å². The van der Waals surface area contributed by atoms with E-state index in [9.17, 15) is 14.4 Å². The van der Waals surface area contributed by atoms with Gasteiger partial charge in [-0.1, -0.05) is 17.7 Å². The average molecular weight is 633 g/mol. The number of nitrogens with zero attached hydrogens (tertiary/aromatic N) is 4. The molecule has 0 unspecified atom stereocenters. The number of hydrogen-bond acceptors (Lipinski definition) is 9. The van der Waals surface area contributed by atoms with Crippen LogP contribution in [0.4, 0.5) is 19.8 Å². The van der Waals surface area contributed by atoms with Crippen LogP contribution < -0.4 is 14.4 Å². The number of rotatable bonds is 3. The molecule has 4 heterocycles. The van der Waals surface area contributed by atoms with Crippen molar-refractivity contribution >= 4 is 35.6 Å². The Hall–Kier alpha value is -3.80. The van der Waals surface area contributed by atoms with Gasteiger partial charge in [-0.2, -0.15) is 0 Å². The van der Waals surface area contributed by atoms with Crippen molar-refractivity contribution in [2.45, 2.75) is 78.2 Å². The van der Waals surface area contributed by atoms with E-state index in [0.29, 0.717) is 12.4 Å². The number of piperazine rings is 1. The molecule has 238 valence electrons. The van der Waals surface area contributed by atoms with E-state index in [0.717, 1.165) is 6.42 Å². The van der Waals surface area contributed by atoms with E-state index in [-0.39, 0.29) is 71.5 Å². The molecule has 0 spiro atoms. The first kappa shape index (κ1) is 31.6. The minimum absolute atomic E-state index is 0.0226. The third-order valence-electron chi connectivity index (χ3n) is 7.49. The number of ether oxygens (including phenoxy) is 4. The lowest BCUT2D eigenvalue weighted by Crippen LogP contribution is -2.58. The lowest BCUT2D eigenvalue weighted by Gasteiger charge is -2.42. The van der Waals surface area contributed by atoms with Crippen molar-refractivity contribution in [3.05, 3.63) is 34.6 Å². The summed E-state index contributed by atoms with van der Waals surface area (Å²) in [6.07, 6.45) is -0.627. The van der Waals surface area contributed by atoms with Crippen molar-refractivity contribution in [2.75, 3.05) is 37.7 Å². The predicted molar refractivity (Wildman–Crippen MR) is 161 cm³/mol. The highest BCUT2D eigenvalue weighted by Gasteiger charge is 2.43. The van der Waals surface area contributed by atoms with Gasteiger partial charge in [0.25, 0.3) is 5.91 Å². The second-order valence-corrected chi connectivity index (χ2v) is 13.6. The van der Waals surface area contributed by atoms with Gasteiger partial charge in [0, 0.05) is 32.2 Å². The van der Waals surface area contributed by atoms with E-state index in [4.69, 9.17) is 35.5 Å². The highest BCUT2D eigenvalue weighted by Crippen LogP contribution is 2.47. The summed E-state index contributed by atoms with van der Waals surface area (Å²) in [7, 11) is 0. The van der Waals surface area contributed by atoms with Crippen LogP contribution in [0.1, 0.15) is 65.2 Å². The molecule has 0 radical (unpaired) electrons. The predicted octanol–water partition coefficient (Wildman–Crippen LogP) is 5.91. The number of hydrogen-bond donors (Lipinski definition) is 0. The largest absolute Gasteiger partial charge is 0.514 e. The minimum atomic E-state index is -1.02. The average Bonchev–Trinajstić information content (AvgIpc) is 3.04. The van der Waals surface area contributed by atoms with Gasteiger partial charge in [0.2, 0.25) is 0 Å². The first-order valence-electron chi connectivity index (χ1n) is 14.7. The fourth-order valence-electron chi connectivity index (χ4n) is 5.32. The van der Waals surface area contributed by atoms with Crippen LogP contribution in [-0.4, -0.2) is 89.0 Å². The summed E-state index contributed by atoms with van der Waals surface area (Å²) >= 11 is 6.91. The quantitative estimate of drug-likeness (QED) is 0.301. The zero-order valence-corrected chi connectivity index (χ0v) is 26.8. The second kappa shape index (κ2) is 11.6. The van der Waals surface area contributed by atoms with Crippen molar-refractivity contribution in [1.82, 2.24) is 14.8 Å². The molecule has 1 aromatic carbocycles. The molecule has 2 amide bonds. The van der Waals surface area contributed by atoms with Gasteiger partial charge in [-0.25, -0.2) is 19.0 Å². The third kappa shape index (κ3) is 6.36. The number of halogens is 2. The maximum atomic E-state index is 15.6. The van der Waals surface area contributed by atoms with Gasteiger partial charge in [0.15, 0.2) is 5.75 Å². The molecule has 13 heteroatoms. The van der Waals surface area contributed by atoms with Crippen LogP contribution in [0.15, 0.2) is 18.2 Å². The topological polar surface area (TPSA) is 111 Å². The van der Waals surface area contributed by atoms with Crippen LogP contribution in [0.3, 0.4) is 0 Å². The van der Waals surface area contributed by atoms with Crippen molar-refractivity contribution < 1.29 is 37.7 Å². The lowest BCUT2D eigenvalue weighted by atomic mass is 10.0. The highest BCUT2D eigenvalue weighted by atomic mass is 35.5. The Morgan fingerprint density at radius 1 is 1.02 bits per heavy atom. The van der Waals surface area contributed by atoms with E-state index >= 15 is 4.39 Å². The summed E-state index contributed by atoms with van der Waals surface area (Å²) in [6.45, 7) is 13.8. The molecule has 2 aromatic rings. The molecular formula is C31H38ClFN4O7. The molecule has 44 heavy (non-hydrogen) atoms. The van der Waals surface area contributed by atoms with Crippen molar-refractivity contribution in [3.8, 4) is 22.8 Å². The summed E-state index contributed by atoms with van der Waals surface area (Å²) in [6, 6.07) is 3.56. The summed E-state index contributed by atoms with van der Waals surface area (Å²) in [5, 5.41) is -0.103. The van der Waals surface area contributed by atoms with Crippen LogP contribution in [0.25, 0.3) is 11.3 Å². The lowest BCUT2D eigenvalue weighted by molar-refractivity contribution is 0.000933. The van der Waals surface area contributed by atoms with E-state index in [2.05, 4.69) is 0 Å². The van der Waals surface area contributed by atoms with Gasteiger partial charge in [0.05, 0.1) is 11.6 Å². The van der Waals surface area contributed by atoms with Crippen LogP contribution in [-0.2, 0) is 9.47 Å². The Bertz CT molecular complexity index is 1490. The van der Waals surface area contributed by atoms with Gasteiger partial charge >= 0.3 is 12.2 Å². The SMILES string of the molecule is C[C@H]1CCN1c1nc(-c2c(F)cccc2OC(=O)OC(C)(C)C)c(Cl)c2c1C(=O)N1CCN(C(=O)OC(C)(C)C)C[C@@H]1CO2. The molecular weight excluding hydrogens is 595 g/mol. The molecule has 1 aromatic heterocycles. The summed E-state index contributed by atoms with van der Waals surface area (Å²) in [5.41, 5.74) is -1.55. The van der Waals surface area contributed by atoms with Crippen LogP contribution in [0, 0.1) is 5.82 Å².